The van der Waals surface area contributed by atoms with Gasteiger partial charge in [-0.15, -0.1) is 0 Å². The van der Waals surface area contributed by atoms with E-state index < -0.39 is 17.7 Å². The van der Waals surface area contributed by atoms with E-state index in [1.54, 1.807) is 25.3 Å². The van der Waals surface area contributed by atoms with Gasteiger partial charge in [-0.2, -0.15) is 0 Å². The third kappa shape index (κ3) is 4.02. The molecule has 1 saturated heterocycles. The van der Waals surface area contributed by atoms with Gasteiger partial charge in [-0.1, -0.05) is 30.3 Å². The number of ketones is 1. The van der Waals surface area contributed by atoms with Crippen LogP contribution in [0, 0.1) is 0 Å². The van der Waals surface area contributed by atoms with Crippen molar-refractivity contribution in [3.05, 3.63) is 65.2 Å². The van der Waals surface area contributed by atoms with Gasteiger partial charge in [-0.05, 0) is 24.1 Å². The maximum Gasteiger partial charge on any atom is 0.295 e. The van der Waals surface area contributed by atoms with E-state index in [1.807, 2.05) is 30.3 Å². The standard InChI is InChI=1S/C23H25NO6/c1-28-13-7-12-24-20(15-8-5-4-6-9-15)19(22(26)23(24)27)21(25)17-11-10-16(29-2)14-18(17)30-3/h4-6,8-11,14,20,25H,7,12-13H2,1-3H3/b21-19-. The molecule has 7 heteroatoms. The minimum Gasteiger partial charge on any atom is -0.507 e. The van der Waals surface area contributed by atoms with Gasteiger partial charge in [0, 0.05) is 26.3 Å². The SMILES string of the molecule is COCCCN1C(=O)C(=O)/C(=C(\O)c2ccc(OC)cc2OC)C1c1ccccc1. The van der Waals surface area contributed by atoms with E-state index in [2.05, 4.69) is 0 Å². The molecule has 3 rings (SSSR count). The van der Waals surface area contributed by atoms with Gasteiger partial charge in [0.05, 0.1) is 31.4 Å². The smallest absolute Gasteiger partial charge is 0.295 e. The molecule has 158 valence electrons. The highest BCUT2D eigenvalue weighted by atomic mass is 16.5. The summed E-state index contributed by atoms with van der Waals surface area (Å²) in [5.41, 5.74) is 1.09. The first-order chi connectivity index (χ1) is 14.5. The van der Waals surface area contributed by atoms with Crippen molar-refractivity contribution in [1.29, 1.82) is 0 Å². The Morgan fingerprint density at radius 2 is 1.77 bits per heavy atom. The predicted molar refractivity (Wildman–Crippen MR) is 111 cm³/mol. The molecule has 2 aromatic carbocycles. The Morgan fingerprint density at radius 1 is 1.03 bits per heavy atom. The van der Waals surface area contributed by atoms with Crippen LogP contribution in [0.25, 0.3) is 5.76 Å². The number of Topliss-reactive ketones (excluding diaryl/α,β-unsaturated/α-hetero) is 1. The summed E-state index contributed by atoms with van der Waals surface area (Å²) in [7, 11) is 4.57. The van der Waals surface area contributed by atoms with Crippen LogP contribution in [0.15, 0.2) is 54.1 Å². The lowest BCUT2D eigenvalue weighted by Gasteiger charge is -2.25. The summed E-state index contributed by atoms with van der Waals surface area (Å²) in [4.78, 5) is 27.3. The van der Waals surface area contributed by atoms with Gasteiger partial charge in [-0.25, -0.2) is 0 Å². The molecule has 1 fully saturated rings. The largest absolute Gasteiger partial charge is 0.507 e. The zero-order chi connectivity index (χ0) is 21.7. The van der Waals surface area contributed by atoms with Crippen LogP contribution >= 0.6 is 0 Å². The molecular weight excluding hydrogens is 386 g/mol. The number of hydrogen-bond acceptors (Lipinski definition) is 6. The monoisotopic (exact) mass is 411 g/mol. The van der Waals surface area contributed by atoms with Gasteiger partial charge in [0.2, 0.25) is 0 Å². The Kier molecular flexibility index (Phi) is 6.74. The number of aliphatic hydroxyl groups excluding tert-OH is 1. The summed E-state index contributed by atoms with van der Waals surface area (Å²) in [5, 5.41) is 11.1. The van der Waals surface area contributed by atoms with Gasteiger partial charge in [0.15, 0.2) is 0 Å². The second-order valence-electron chi connectivity index (χ2n) is 6.82. The Morgan fingerprint density at radius 3 is 2.40 bits per heavy atom. The van der Waals surface area contributed by atoms with E-state index in [9.17, 15) is 14.7 Å². The summed E-state index contributed by atoms with van der Waals surface area (Å²) >= 11 is 0. The summed E-state index contributed by atoms with van der Waals surface area (Å²) in [5.74, 6) is -0.770. The van der Waals surface area contributed by atoms with Crippen molar-refractivity contribution in [3.8, 4) is 11.5 Å². The number of methoxy groups -OCH3 is 3. The van der Waals surface area contributed by atoms with E-state index in [4.69, 9.17) is 14.2 Å². The van der Waals surface area contributed by atoms with Crippen LogP contribution in [0.1, 0.15) is 23.6 Å². The Bertz CT molecular complexity index is 953. The van der Waals surface area contributed by atoms with E-state index in [1.165, 1.54) is 19.1 Å². The lowest BCUT2D eigenvalue weighted by atomic mass is 9.95. The number of ether oxygens (including phenoxy) is 3. The Hall–Kier alpha value is -3.32. The topological polar surface area (TPSA) is 85.3 Å². The highest BCUT2D eigenvalue weighted by Crippen LogP contribution is 2.41. The van der Waals surface area contributed by atoms with Gasteiger partial charge >= 0.3 is 0 Å². The average molecular weight is 411 g/mol. The molecule has 1 amide bonds. The van der Waals surface area contributed by atoms with Gasteiger partial charge in [0.25, 0.3) is 11.7 Å². The second kappa shape index (κ2) is 9.45. The van der Waals surface area contributed by atoms with E-state index in [0.717, 1.165) is 5.56 Å². The molecule has 0 aliphatic carbocycles. The first kappa shape index (κ1) is 21.4. The number of likely N-dealkylation sites (tertiary alicyclic amines) is 1. The van der Waals surface area contributed by atoms with Crippen LogP contribution in [0.2, 0.25) is 0 Å². The highest BCUT2D eigenvalue weighted by Gasteiger charge is 2.46. The van der Waals surface area contributed by atoms with Crippen molar-refractivity contribution in [1.82, 2.24) is 4.90 Å². The fraction of sp³-hybridized carbons (Fsp3) is 0.304. The number of nitrogens with zero attached hydrogens (tertiary/aromatic N) is 1. The quantitative estimate of drug-likeness (QED) is 0.311. The maximum atomic E-state index is 13.0. The van der Waals surface area contributed by atoms with Crippen molar-refractivity contribution in [3.63, 3.8) is 0 Å². The first-order valence-corrected chi connectivity index (χ1v) is 9.58. The predicted octanol–water partition coefficient (Wildman–Crippen LogP) is 3.16. The molecular formula is C23H25NO6. The number of hydrogen-bond donors (Lipinski definition) is 1. The molecule has 1 heterocycles. The Balaban J connectivity index is 2.14. The zero-order valence-electron chi connectivity index (χ0n) is 17.3. The fourth-order valence-corrected chi connectivity index (χ4v) is 3.61. The van der Waals surface area contributed by atoms with Crippen LogP contribution in [0.3, 0.4) is 0 Å². The van der Waals surface area contributed by atoms with Crippen LogP contribution in [-0.4, -0.2) is 56.2 Å². The van der Waals surface area contributed by atoms with Gasteiger partial charge in [-0.3, -0.25) is 9.59 Å². The zero-order valence-corrected chi connectivity index (χ0v) is 17.3. The molecule has 2 aromatic rings. The van der Waals surface area contributed by atoms with Crippen molar-refractivity contribution < 1.29 is 28.9 Å². The molecule has 1 aliphatic heterocycles. The molecule has 0 spiro atoms. The van der Waals surface area contributed by atoms with Crippen LogP contribution in [0.4, 0.5) is 0 Å². The molecule has 0 radical (unpaired) electrons. The van der Waals surface area contributed by atoms with Crippen molar-refractivity contribution in [2.24, 2.45) is 0 Å². The van der Waals surface area contributed by atoms with Crippen LogP contribution in [0.5, 0.6) is 11.5 Å². The number of carbonyl (C=O) groups is 2. The average Bonchev–Trinajstić information content (AvgIpc) is 3.04. The molecule has 1 atom stereocenters. The molecule has 0 aromatic heterocycles. The van der Waals surface area contributed by atoms with E-state index in [-0.39, 0.29) is 11.3 Å². The van der Waals surface area contributed by atoms with Crippen LogP contribution in [-0.2, 0) is 14.3 Å². The number of rotatable bonds is 8. The van der Waals surface area contributed by atoms with E-state index in [0.29, 0.717) is 36.6 Å². The number of benzene rings is 2. The lowest BCUT2D eigenvalue weighted by molar-refractivity contribution is -0.140. The first-order valence-electron chi connectivity index (χ1n) is 9.58. The van der Waals surface area contributed by atoms with E-state index >= 15 is 0 Å². The minimum atomic E-state index is -0.725. The van der Waals surface area contributed by atoms with Crippen molar-refractivity contribution in [2.45, 2.75) is 12.5 Å². The molecule has 0 saturated carbocycles. The molecule has 1 aliphatic rings. The molecule has 7 nitrogen and oxygen atoms in total. The summed E-state index contributed by atoms with van der Waals surface area (Å²) < 4.78 is 15.7. The lowest BCUT2D eigenvalue weighted by Crippen LogP contribution is -2.31. The summed E-state index contributed by atoms with van der Waals surface area (Å²) in [6.45, 7) is 0.783. The fourth-order valence-electron chi connectivity index (χ4n) is 3.61. The molecule has 1 unspecified atom stereocenters. The molecule has 30 heavy (non-hydrogen) atoms. The van der Waals surface area contributed by atoms with Gasteiger partial charge < -0.3 is 24.2 Å². The Labute approximate surface area is 175 Å². The summed E-state index contributed by atoms with van der Waals surface area (Å²) in [6.07, 6.45) is 0.568. The minimum absolute atomic E-state index is 0.0343. The number of amides is 1. The third-order valence-corrected chi connectivity index (χ3v) is 5.07. The summed E-state index contributed by atoms with van der Waals surface area (Å²) in [6, 6.07) is 13.4. The van der Waals surface area contributed by atoms with Crippen LogP contribution < -0.4 is 9.47 Å². The highest BCUT2D eigenvalue weighted by molar-refractivity contribution is 6.46. The molecule has 1 N–H and O–H groups in total. The molecule has 0 bridgehead atoms. The number of carbonyl (C=O) groups excluding carboxylic acids is 2. The third-order valence-electron chi connectivity index (χ3n) is 5.07. The van der Waals surface area contributed by atoms with Gasteiger partial charge in [0.1, 0.15) is 17.3 Å². The second-order valence-corrected chi connectivity index (χ2v) is 6.82. The maximum absolute atomic E-state index is 13.0. The van der Waals surface area contributed by atoms with Crippen molar-refractivity contribution >= 4 is 17.4 Å². The normalized spacial score (nSPS) is 18.0. The van der Waals surface area contributed by atoms with Crippen molar-refractivity contribution in [2.75, 3.05) is 34.5 Å². The number of aliphatic hydroxyl groups is 1.